The molecule has 1 aliphatic heterocycles. The number of nitrogens with zero attached hydrogens (tertiary/aromatic N) is 1. The summed E-state index contributed by atoms with van der Waals surface area (Å²) >= 11 is 0. The molecule has 1 N–H and O–H groups in total. The molecule has 7 heteroatoms. The van der Waals surface area contributed by atoms with Gasteiger partial charge >= 0.3 is 0 Å². The number of rotatable bonds is 6. The number of amides is 2. The van der Waals surface area contributed by atoms with Crippen molar-refractivity contribution in [3.8, 4) is 17.2 Å². The monoisotopic (exact) mass is 350 g/mol. The second kappa shape index (κ2) is 8.60. The minimum Gasteiger partial charge on any atom is -0.493 e. The van der Waals surface area contributed by atoms with E-state index in [-0.39, 0.29) is 18.4 Å². The van der Waals surface area contributed by atoms with Gasteiger partial charge < -0.3 is 24.4 Å². The molecular weight excluding hydrogens is 324 g/mol. The van der Waals surface area contributed by atoms with Gasteiger partial charge in [-0.2, -0.15) is 0 Å². The Morgan fingerprint density at radius 2 is 1.64 bits per heavy atom. The molecule has 25 heavy (non-hydrogen) atoms. The zero-order chi connectivity index (χ0) is 18.4. The molecule has 2 amide bonds. The molecule has 1 fully saturated rings. The van der Waals surface area contributed by atoms with Crippen molar-refractivity contribution in [2.75, 3.05) is 41.0 Å². The van der Waals surface area contributed by atoms with E-state index in [0.29, 0.717) is 28.7 Å². The van der Waals surface area contributed by atoms with E-state index in [1.165, 1.54) is 21.3 Å². The summed E-state index contributed by atoms with van der Waals surface area (Å²) < 4.78 is 15.7. The van der Waals surface area contributed by atoms with Gasteiger partial charge in [0, 0.05) is 18.7 Å². The first-order valence-corrected chi connectivity index (χ1v) is 8.36. The molecule has 0 unspecified atom stereocenters. The summed E-state index contributed by atoms with van der Waals surface area (Å²) in [5.74, 6) is 1.43. The molecule has 0 atom stereocenters. The molecule has 1 saturated heterocycles. The minimum atomic E-state index is -0.363. The third-order valence-corrected chi connectivity index (χ3v) is 4.46. The van der Waals surface area contributed by atoms with Crippen molar-refractivity contribution in [3.05, 3.63) is 17.7 Å². The zero-order valence-corrected chi connectivity index (χ0v) is 15.3. The average molecular weight is 350 g/mol. The summed E-state index contributed by atoms with van der Waals surface area (Å²) in [6.45, 7) is 3.66. The van der Waals surface area contributed by atoms with Crippen LogP contribution in [0.3, 0.4) is 0 Å². The van der Waals surface area contributed by atoms with Gasteiger partial charge in [0.15, 0.2) is 11.5 Å². The van der Waals surface area contributed by atoms with Gasteiger partial charge in [-0.05, 0) is 30.9 Å². The van der Waals surface area contributed by atoms with Gasteiger partial charge in [0.1, 0.15) is 0 Å². The Hall–Kier alpha value is -2.44. The minimum absolute atomic E-state index is 0.0239. The van der Waals surface area contributed by atoms with Crippen LogP contribution in [0.4, 0.5) is 0 Å². The Kier molecular flexibility index (Phi) is 6.50. The van der Waals surface area contributed by atoms with Gasteiger partial charge in [0.2, 0.25) is 11.7 Å². The molecule has 1 heterocycles. The maximum atomic E-state index is 12.4. The molecule has 0 aromatic heterocycles. The number of carbonyl (C=O) groups is 2. The Morgan fingerprint density at radius 3 is 2.12 bits per heavy atom. The van der Waals surface area contributed by atoms with Crippen molar-refractivity contribution in [3.63, 3.8) is 0 Å². The van der Waals surface area contributed by atoms with Crippen molar-refractivity contribution in [1.29, 1.82) is 0 Å². The van der Waals surface area contributed by atoms with Gasteiger partial charge in [-0.1, -0.05) is 6.92 Å². The zero-order valence-electron chi connectivity index (χ0n) is 15.3. The van der Waals surface area contributed by atoms with E-state index >= 15 is 0 Å². The second-order valence-electron chi connectivity index (χ2n) is 6.16. The lowest BCUT2D eigenvalue weighted by Crippen LogP contribution is -2.43. The highest BCUT2D eigenvalue weighted by atomic mass is 16.5. The van der Waals surface area contributed by atoms with Crippen LogP contribution < -0.4 is 19.5 Å². The summed E-state index contributed by atoms with van der Waals surface area (Å²) in [5, 5.41) is 2.67. The molecule has 138 valence electrons. The molecule has 7 nitrogen and oxygen atoms in total. The van der Waals surface area contributed by atoms with Crippen molar-refractivity contribution in [2.45, 2.75) is 19.8 Å². The van der Waals surface area contributed by atoms with Crippen molar-refractivity contribution >= 4 is 11.8 Å². The molecule has 0 saturated carbocycles. The number of hydrogen-bond donors (Lipinski definition) is 1. The molecule has 2 rings (SSSR count). The topological polar surface area (TPSA) is 77.1 Å². The molecule has 1 aromatic carbocycles. The summed E-state index contributed by atoms with van der Waals surface area (Å²) in [6.07, 6.45) is 2.01. The van der Waals surface area contributed by atoms with Crippen LogP contribution in [0, 0.1) is 5.92 Å². The fourth-order valence-corrected chi connectivity index (χ4v) is 2.84. The molecule has 0 bridgehead atoms. The molecule has 1 aliphatic rings. The van der Waals surface area contributed by atoms with Gasteiger partial charge in [-0.3, -0.25) is 9.59 Å². The Bertz CT molecular complexity index is 599. The molecule has 0 radical (unpaired) electrons. The smallest absolute Gasteiger partial charge is 0.251 e. The SMILES string of the molecule is COc1cc(C(=O)NCC(=O)N2CCC(C)CC2)cc(OC)c1OC. The van der Waals surface area contributed by atoms with Gasteiger partial charge in [-0.25, -0.2) is 0 Å². The van der Waals surface area contributed by atoms with E-state index in [2.05, 4.69) is 12.2 Å². The largest absolute Gasteiger partial charge is 0.493 e. The number of carbonyl (C=O) groups excluding carboxylic acids is 2. The Morgan fingerprint density at radius 1 is 1.08 bits per heavy atom. The van der Waals surface area contributed by atoms with E-state index in [4.69, 9.17) is 14.2 Å². The van der Waals surface area contributed by atoms with E-state index in [1.807, 2.05) is 0 Å². The highest BCUT2D eigenvalue weighted by Crippen LogP contribution is 2.38. The lowest BCUT2D eigenvalue weighted by Gasteiger charge is -2.30. The first kappa shape index (κ1) is 18.9. The second-order valence-corrected chi connectivity index (χ2v) is 6.16. The van der Waals surface area contributed by atoms with Gasteiger partial charge in [0.25, 0.3) is 5.91 Å². The van der Waals surface area contributed by atoms with E-state index < -0.39 is 0 Å². The first-order chi connectivity index (χ1) is 12.0. The van der Waals surface area contributed by atoms with Crippen molar-refractivity contribution in [2.24, 2.45) is 5.92 Å². The van der Waals surface area contributed by atoms with Crippen LogP contribution in [0.25, 0.3) is 0 Å². The molecule has 0 aliphatic carbocycles. The average Bonchev–Trinajstić information content (AvgIpc) is 2.64. The fourth-order valence-electron chi connectivity index (χ4n) is 2.84. The van der Waals surface area contributed by atoms with Crippen LogP contribution in [0.15, 0.2) is 12.1 Å². The number of nitrogens with one attached hydrogen (secondary N) is 1. The summed E-state index contributed by atoms with van der Waals surface area (Å²) in [6, 6.07) is 3.12. The number of benzene rings is 1. The predicted octanol–water partition coefficient (Wildman–Crippen LogP) is 1.70. The normalized spacial score (nSPS) is 14.8. The van der Waals surface area contributed by atoms with E-state index in [1.54, 1.807) is 17.0 Å². The highest BCUT2D eigenvalue weighted by molar-refractivity contribution is 5.97. The van der Waals surface area contributed by atoms with Gasteiger partial charge in [-0.15, -0.1) is 0 Å². The highest BCUT2D eigenvalue weighted by Gasteiger charge is 2.21. The van der Waals surface area contributed by atoms with Crippen molar-refractivity contribution in [1.82, 2.24) is 10.2 Å². The van der Waals surface area contributed by atoms with E-state index in [0.717, 1.165) is 25.9 Å². The van der Waals surface area contributed by atoms with Crippen LogP contribution in [-0.2, 0) is 4.79 Å². The summed E-state index contributed by atoms with van der Waals surface area (Å²) in [4.78, 5) is 26.4. The summed E-state index contributed by atoms with van der Waals surface area (Å²) in [5.41, 5.74) is 0.342. The fraction of sp³-hybridized carbons (Fsp3) is 0.556. The molecular formula is C18H26N2O5. The van der Waals surface area contributed by atoms with Crippen LogP contribution in [0.2, 0.25) is 0 Å². The molecule has 0 spiro atoms. The van der Waals surface area contributed by atoms with E-state index in [9.17, 15) is 9.59 Å². The number of likely N-dealkylation sites (tertiary alicyclic amines) is 1. The standard InChI is InChI=1S/C18H26N2O5/c1-12-5-7-20(8-6-12)16(21)11-19-18(22)13-9-14(23-2)17(25-4)15(10-13)24-3/h9-10,12H,5-8,11H2,1-4H3,(H,19,22). The summed E-state index contributed by atoms with van der Waals surface area (Å²) in [7, 11) is 4.47. The predicted molar refractivity (Wildman–Crippen MR) is 93.4 cm³/mol. The van der Waals surface area contributed by atoms with Crippen LogP contribution >= 0.6 is 0 Å². The quantitative estimate of drug-likeness (QED) is 0.845. The van der Waals surface area contributed by atoms with Crippen LogP contribution in [0.5, 0.6) is 17.2 Å². The number of hydrogen-bond acceptors (Lipinski definition) is 5. The van der Waals surface area contributed by atoms with Gasteiger partial charge in [0.05, 0.1) is 27.9 Å². The first-order valence-electron chi connectivity index (χ1n) is 8.36. The molecule has 1 aromatic rings. The Balaban J connectivity index is 2.02. The maximum absolute atomic E-state index is 12.4. The maximum Gasteiger partial charge on any atom is 0.251 e. The lowest BCUT2D eigenvalue weighted by atomic mass is 9.99. The van der Waals surface area contributed by atoms with Crippen LogP contribution in [-0.4, -0.2) is 57.7 Å². The third-order valence-electron chi connectivity index (χ3n) is 4.46. The number of ether oxygens (including phenoxy) is 3. The number of methoxy groups -OCH3 is 3. The third kappa shape index (κ3) is 4.55. The Labute approximate surface area is 148 Å². The lowest BCUT2D eigenvalue weighted by molar-refractivity contribution is -0.131. The van der Waals surface area contributed by atoms with Crippen LogP contribution in [0.1, 0.15) is 30.1 Å². The number of piperidine rings is 1. The van der Waals surface area contributed by atoms with Crippen molar-refractivity contribution < 1.29 is 23.8 Å².